The van der Waals surface area contributed by atoms with Crippen LogP contribution < -0.4 is 4.74 Å². The number of rotatable bonds is 2. The van der Waals surface area contributed by atoms with Gasteiger partial charge in [-0.05, 0) is 35.6 Å². The predicted octanol–water partition coefficient (Wildman–Crippen LogP) is 1.92. The Morgan fingerprint density at radius 1 is 1.33 bits per heavy atom. The van der Waals surface area contributed by atoms with E-state index in [1.165, 1.54) is 0 Å². The van der Waals surface area contributed by atoms with Crippen LogP contribution in [0.15, 0.2) is 18.5 Å². The fraction of sp³-hybridized carbons (Fsp3) is 0.222. The second-order valence-electron chi connectivity index (χ2n) is 2.96. The number of ether oxygens (including phenoxy) is 1. The second kappa shape index (κ2) is 4.13. The van der Waals surface area contributed by atoms with Gasteiger partial charge >= 0.3 is 6.01 Å². The average Bonchev–Trinajstić information content (AvgIpc) is 2.48. The van der Waals surface area contributed by atoms with E-state index in [2.05, 4.69) is 37.7 Å². The number of hydrogen-bond acceptors (Lipinski definition) is 4. The first kappa shape index (κ1) is 10.3. The number of hydrogen-bond donors (Lipinski definition) is 0. The molecular formula is C9H9IN4O. The zero-order valence-corrected chi connectivity index (χ0v) is 10.5. The molecule has 0 atom stereocenters. The number of halogens is 1. The van der Waals surface area contributed by atoms with E-state index in [1.54, 1.807) is 23.1 Å². The van der Waals surface area contributed by atoms with Crippen LogP contribution in [0, 0.1) is 10.5 Å². The third-order valence-corrected chi connectivity index (χ3v) is 3.20. The number of nitrogens with zero attached hydrogens (tertiary/aromatic N) is 4. The Kier molecular flexibility index (Phi) is 2.85. The normalized spacial score (nSPS) is 10.3. The standard InChI is InChI=1S/C9H9IN4O/c1-6-7(10)8(13-14(6)2)15-9-11-4-3-5-12-9/h3-5H,1-2H3. The van der Waals surface area contributed by atoms with Crippen molar-refractivity contribution in [3.05, 3.63) is 27.7 Å². The summed E-state index contributed by atoms with van der Waals surface area (Å²) in [7, 11) is 1.87. The topological polar surface area (TPSA) is 52.8 Å². The van der Waals surface area contributed by atoms with Gasteiger partial charge in [-0.3, -0.25) is 4.68 Å². The van der Waals surface area contributed by atoms with Crippen LogP contribution >= 0.6 is 22.6 Å². The van der Waals surface area contributed by atoms with Crippen LogP contribution in [0.25, 0.3) is 0 Å². The van der Waals surface area contributed by atoms with Crippen LogP contribution in [0.1, 0.15) is 5.69 Å². The molecular weight excluding hydrogens is 307 g/mol. The van der Waals surface area contributed by atoms with Crippen molar-refractivity contribution in [3.8, 4) is 11.9 Å². The molecule has 0 aliphatic heterocycles. The second-order valence-corrected chi connectivity index (χ2v) is 4.04. The van der Waals surface area contributed by atoms with Gasteiger partial charge in [-0.1, -0.05) is 0 Å². The molecule has 0 saturated heterocycles. The monoisotopic (exact) mass is 316 g/mol. The van der Waals surface area contributed by atoms with Crippen molar-refractivity contribution in [3.63, 3.8) is 0 Å². The lowest BCUT2D eigenvalue weighted by molar-refractivity contribution is 0.416. The van der Waals surface area contributed by atoms with E-state index < -0.39 is 0 Å². The molecule has 2 aromatic rings. The smallest absolute Gasteiger partial charge is 0.323 e. The molecule has 0 saturated carbocycles. The van der Waals surface area contributed by atoms with Gasteiger partial charge in [-0.15, -0.1) is 5.10 Å². The average molecular weight is 316 g/mol. The van der Waals surface area contributed by atoms with Crippen molar-refractivity contribution in [2.24, 2.45) is 7.05 Å². The van der Waals surface area contributed by atoms with Gasteiger partial charge in [0.25, 0.3) is 5.88 Å². The van der Waals surface area contributed by atoms with E-state index in [1.807, 2.05) is 14.0 Å². The summed E-state index contributed by atoms with van der Waals surface area (Å²) in [5, 5.41) is 4.21. The third kappa shape index (κ3) is 2.09. The van der Waals surface area contributed by atoms with Crippen LogP contribution in [0.3, 0.4) is 0 Å². The SMILES string of the molecule is Cc1c(I)c(Oc2ncccn2)nn1C. The molecule has 0 unspecified atom stereocenters. The molecule has 2 heterocycles. The summed E-state index contributed by atoms with van der Waals surface area (Å²) in [6.07, 6.45) is 3.26. The largest absolute Gasteiger partial charge is 0.402 e. The van der Waals surface area contributed by atoms with Crippen LogP contribution in [-0.4, -0.2) is 19.7 Å². The van der Waals surface area contributed by atoms with Crippen LogP contribution in [0.4, 0.5) is 0 Å². The molecule has 0 aromatic carbocycles. The molecule has 0 radical (unpaired) electrons. The third-order valence-electron chi connectivity index (χ3n) is 1.96. The lowest BCUT2D eigenvalue weighted by atomic mass is 10.5. The Labute approximate surface area is 101 Å². The molecule has 0 N–H and O–H groups in total. The summed E-state index contributed by atoms with van der Waals surface area (Å²) >= 11 is 2.19. The minimum Gasteiger partial charge on any atom is -0.402 e. The van der Waals surface area contributed by atoms with E-state index in [-0.39, 0.29) is 0 Å². The quantitative estimate of drug-likeness (QED) is 0.794. The molecule has 2 aromatic heterocycles. The highest BCUT2D eigenvalue weighted by Crippen LogP contribution is 2.25. The van der Waals surface area contributed by atoms with Crippen molar-refractivity contribution in [1.29, 1.82) is 0 Å². The Bertz CT molecular complexity index is 468. The number of aromatic nitrogens is 4. The van der Waals surface area contributed by atoms with Gasteiger partial charge in [-0.25, -0.2) is 9.97 Å². The summed E-state index contributed by atoms with van der Waals surface area (Å²) < 4.78 is 8.19. The highest BCUT2D eigenvalue weighted by Gasteiger charge is 2.12. The van der Waals surface area contributed by atoms with Crippen LogP contribution in [0.5, 0.6) is 11.9 Å². The lowest BCUT2D eigenvalue weighted by Gasteiger charge is -1.98. The highest BCUT2D eigenvalue weighted by molar-refractivity contribution is 14.1. The van der Waals surface area contributed by atoms with E-state index in [0.717, 1.165) is 9.26 Å². The van der Waals surface area contributed by atoms with Gasteiger partial charge < -0.3 is 4.74 Å². The summed E-state index contributed by atoms with van der Waals surface area (Å²) in [6, 6.07) is 2.05. The van der Waals surface area contributed by atoms with Gasteiger partial charge in [0.2, 0.25) is 0 Å². The molecule has 0 amide bonds. The maximum atomic E-state index is 5.45. The van der Waals surface area contributed by atoms with Gasteiger partial charge in [-0.2, -0.15) is 0 Å². The first-order valence-electron chi connectivity index (χ1n) is 4.32. The van der Waals surface area contributed by atoms with E-state index in [4.69, 9.17) is 4.74 Å². The number of aryl methyl sites for hydroxylation is 1. The molecule has 0 fully saturated rings. The maximum absolute atomic E-state index is 5.45. The molecule has 15 heavy (non-hydrogen) atoms. The Hall–Kier alpha value is -1.18. The predicted molar refractivity (Wildman–Crippen MR) is 62.8 cm³/mol. The molecule has 0 bridgehead atoms. The molecule has 0 aliphatic rings. The Morgan fingerprint density at radius 3 is 2.53 bits per heavy atom. The zero-order valence-electron chi connectivity index (χ0n) is 8.31. The molecule has 2 rings (SSSR count). The van der Waals surface area contributed by atoms with Crippen molar-refractivity contribution < 1.29 is 4.74 Å². The summed E-state index contributed by atoms with van der Waals surface area (Å²) in [6.45, 7) is 1.98. The summed E-state index contributed by atoms with van der Waals surface area (Å²) in [4.78, 5) is 7.94. The first-order chi connectivity index (χ1) is 7.18. The summed E-state index contributed by atoms with van der Waals surface area (Å²) in [5.41, 5.74) is 1.06. The minimum absolute atomic E-state index is 0.313. The van der Waals surface area contributed by atoms with Gasteiger partial charge in [0, 0.05) is 19.4 Å². The summed E-state index contributed by atoms with van der Waals surface area (Å²) in [5.74, 6) is 0.543. The van der Waals surface area contributed by atoms with E-state index >= 15 is 0 Å². The fourth-order valence-corrected chi connectivity index (χ4v) is 1.61. The van der Waals surface area contributed by atoms with Crippen LogP contribution in [0.2, 0.25) is 0 Å². The van der Waals surface area contributed by atoms with Crippen molar-refractivity contribution >= 4 is 22.6 Å². The Morgan fingerprint density at radius 2 is 2.00 bits per heavy atom. The maximum Gasteiger partial charge on any atom is 0.323 e. The zero-order chi connectivity index (χ0) is 10.8. The van der Waals surface area contributed by atoms with Gasteiger partial charge in [0.15, 0.2) is 0 Å². The molecule has 0 aliphatic carbocycles. The van der Waals surface area contributed by atoms with Gasteiger partial charge in [0.1, 0.15) is 0 Å². The van der Waals surface area contributed by atoms with Crippen molar-refractivity contribution in [2.75, 3.05) is 0 Å². The van der Waals surface area contributed by atoms with E-state index in [9.17, 15) is 0 Å². The molecule has 6 heteroatoms. The fourth-order valence-electron chi connectivity index (χ4n) is 1.04. The highest BCUT2D eigenvalue weighted by atomic mass is 127. The lowest BCUT2D eigenvalue weighted by Crippen LogP contribution is -1.94. The van der Waals surface area contributed by atoms with Crippen molar-refractivity contribution in [1.82, 2.24) is 19.7 Å². The van der Waals surface area contributed by atoms with Crippen molar-refractivity contribution in [2.45, 2.75) is 6.92 Å². The molecule has 78 valence electrons. The van der Waals surface area contributed by atoms with Gasteiger partial charge in [0.05, 0.1) is 9.26 Å². The minimum atomic E-state index is 0.313. The molecule has 0 spiro atoms. The van der Waals surface area contributed by atoms with E-state index in [0.29, 0.717) is 11.9 Å². The Balaban J connectivity index is 2.29. The van der Waals surface area contributed by atoms with Crippen LogP contribution in [-0.2, 0) is 7.05 Å². The molecule has 5 nitrogen and oxygen atoms in total. The first-order valence-corrected chi connectivity index (χ1v) is 5.40.